The van der Waals surface area contributed by atoms with Crippen molar-refractivity contribution < 1.29 is 4.79 Å². The predicted molar refractivity (Wildman–Crippen MR) is 69.6 cm³/mol. The van der Waals surface area contributed by atoms with E-state index in [1.54, 1.807) is 0 Å². The molecule has 0 aliphatic heterocycles. The van der Waals surface area contributed by atoms with Crippen molar-refractivity contribution in [3.05, 3.63) is 35.9 Å². The molecule has 92 valence electrons. The van der Waals surface area contributed by atoms with E-state index in [0.29, 0.717) is 12.3 Å². The Morgan fingerprint density at radius 1 is 1.18 bits per heavy atom. The largest absolute Gasteiger partial charge is 0.318 e. The van der Waals surface area contributed by atoms with Gasteiger partial charge < -0.3 is 5.73 Å². The molecule has 0 saturated heterocycles. The number of hydrogen-bond acceptors (Lipinski definition) is 2. The molecule has 17 heavy (non-hydrogen) atoms. The fourth-order valence-electron chi connectivity index (χ4n) is 2.65. The van der Waals surface area contributed by atoms with Gasteiger partial charge in [-0.3, -0.25) is 4.79 Å². The highest BCUT2D eigenvalue weighted by molar-refractivity contribution is 5.85. The summed E-state index contributed by atoms with van der Waals surface area (Å²) < 4.78 is 0. The van der Waals surface area contributed by atoms with Crippen LogP contribution in [0.2, 0.25) is 0 Å². The summed E-state index contributed by atoms with van der Waals surface area (Å²) in [7, 11) is 0. The van der Waals surface area contributed by atoms with Crippen LogP contribution in [0.5, 0.6) is 0 Å². The maximum atomic E-state index is 12.1. The Kier molecular flexibility index (Phi) is 4.32. The molecular formula is C15H21NO. The van der Waals surface area contributed by atoms with Crippen LogP contribution in [0.3, 0.4) is 0 Å². The zero-order chi connectivity index (χ0) is 12.1. The molecule has 2 heteroatoms. The average molecular weight is 231 g/mol. The number of hydrogen-bond donors (Lipinski definition) is 1. The molecule has 1 atom stereocenters. The Labute approximate surface area is 103 Å². The predicted octanol–water partition coefficient (Wildman–Crippen LogP) is 3.23. The van der Waals surface area contributed by atoms with Crippen molar-refractivity contribution >= 4 is 5.78 Å². The maximum absolute atomic E-state index is 12.1. The monoisotopic (exact) mass is 231 g/mol. The second-order valence-corrected chi connectivity index (χ2v) is 5.06. The van der Waals surface area contributed by atoms with E-state index in [1.807, 2.05) is 30.3 Å². The number of carbonyl (C=O) groups is 1. The first-order valence-electron chi connectivity index (χ1n) is 6.60. The normalized spacial score (nSPS) is 18.9. The van der Waals surface area contributed by atoms with E-state index in [-0.39, 0.29) is 5.78 Å². The molecule has 2 N–H and O–H groups in total. The first-order valence-corrected chi connectivity index (χ1v) is 6.60. The third kappa shape index (κ3) is 3.40. The lowest BCUT2D eigenvalue weighted by atomic mass is 9.84. The first-order chi connectivity index (χ1) is 8.27. The quantitative estimate of drug-likeness (QED) is 0.864. The summed E-state index contributed by atoms with van der Waals surface area (Å²) >= 11 is 0. The zero-order valence-electron chi connectivity index (χ0n) is 10.3. The van der Waals surface area contributed by atoms with Gasteiger partial charge in [-0.15, -0.1) is 0 Å². The molecule has 0 heterocycles. The van der Waals surface area contributed by atoms with Crippen LogP contribution in [0.1, 0.15) is 50.1 Å². The highest BCUT2D eigenvalue weighted by Crippen LogP contribution is 2.28. The van der Waals surface area contributed by atoms with Gasteiger partial charge in [-0.05, 0) is 11.5 Å². The van der Waals surface area contributed by atoms with Gasteiger partial charge in [0.2, 0.25) is 0 Å². The molecule has 2 rings (SSSR count). The standard InChI is InChI=1S/C15H21NO/c16-15(13-9-5-2-6-10-13)14(17)11-12-7-3-1-4-8-12/h2,5-6,9-10,12,15H,1,3-4,7-8,11,16H2/t15-/m1/s1. The van der Waals surface area contributed by atoms with Crippen LogP contribution in [-0.2, 0) is 4.79 Å². The highest BCUT2D eigenvalue weighted by atomic mass is 16.1. The first kappa shape index (κ1) is 12.3. The topological polar surface area (TPSA) is 43.1 Å². The minimum atomic E-state index is -0.432. The number of ketones is 1. The van der Waals surface area contributed by atoms with Crippen molar-refractivity contribution in [3.8, 4) is 0 Å². The summed E-state index contributed by atoms with van der Waals surface area (Å²) in [6, 6.07) is 9.25. The van der Waals surface area contributed by atoms with Gasteiger partial charge >= 0.3 is 0 Å². The van der Waals surface area contributed by atoms with Gasteiger partial charge in [0, 0.05) is 6.42 Å². The van der Waals surface area contributed by atoms with Crippen LogP contribution >= 0.6 is 0 Å². The van der Waals surface area contributed by atoms with Crippen molar-refractivity contribution in [2.75, 3.05) is 0 Å². The molecular weight excluding hydrogens is 210 g/mol. The van der Waals surface area contributed by atoms with Crippen LogP contribution < -0.4 is 5.73 Å². The van der Waals surface area contributed by atoms with Crippen LogP contribution in [0.25, 0.3) is 0 Å². The van der Waals surface area contributed by atoms with E-state index >= 15 is 0 Å². The van der Waals surface area contributed by atoms with Gasteiger partial charge in [0.1, 0.15) is 0 Å². The Hall–Kier alpha value is -1.15. The van der Waals surface area contributed by atoms with E-state index in [9.17, 15) is 4.79 Å². The Morgan fingerprint density at radius 2 is 1.82 bits per heavy atom. The fraction of sp³-hybridized carbons (Fsp3) is 0.533. The summed E-state index contributed by atoms with van der Waals surface area (Å²) in [5.74, 6) is 0.772. The lowest BCUT2D eigenvalue weighted by molar-refractivity contribution is -0.121. The molecule has 0 spiro atoms. The molecule has 0 unspecified atom stereocenters. The zero-order valence-corrected chi connectivity index (χ0v) is 10.3. The maximum Gasteiger partial charge on any atom is 0.154 e. The Balaban J connectivity index is 1.91. The lowest BCUT2D eigenvalue weighted by Gasteiger charge is -2.22. The molecule has 1 aromatic carbocycles. The Morgan fingerprint density at radius 3 is 2.47 bits per heavy atom. The van der Waals surface area contributed by atoms with Crippen LogP contribution in [0.4, 0.5) is 0 Å². The molecule has 0 amide bonds. The van der Waals surface area contributed by atoms with Crippen LogP contribution in [-0.4, -0.2) is 5.78 Å². The SMILES string of the molecule is N[C@@H](C(=O)CC1CCCCC1)c1ccccc1. The van der Waals surface area contributed by atoms with E-state index in [1.165, 1.54) is 32.1 Å². The molecule has 1 fully saturated rings. The number of Topliss-reactive ketones (excluding diaryl/α,β-unsaturated/α-hetero) is 1. The van der Waals surface area contributed by atoms with E-state index < -0.39 is 6.04 Å². The molecule has 0 aromatic heterocycles. The van der Waals surface area contributed by atoms with Gasteiger partial charge in [0.25, 0.3) is 0 Å². The molecule has 1 aromatic rings. The minimum Gasteiger partial charge on any atom is -0.318 e. The van der Waals surface area contributed by atoms with Crippen LogP contribution in [0.15, 0.2) is 30.3 Å². The molecule has 1 saturated carbocycles. The summed E-state index contributed by atoms with van der Waals surface area (Å²) in [6.07, 6.45) is 6.95. The average Bonchev–Trinajstić information content (AvgIpc) is 2.40. The summed E-state index contributed by atoms with van der Waals surface area (Å²) in [6.45, 7) is 0. The Bertz CT molecular complexity index is 354. The summed E-state index contributed by atoms with van der Waals surface area (Å²) in [5, 5.41) is 0. The van der Waals surface area contributed by atoms with E-state index in [4.69, 9.17) is 5.73 Å². The fourth-order valence-corrected chi connectivity index (χ4v) is 2.65. The third-order valence-corrected chi connectivity index (χ3v) is 3.72. The molecule has 0 radical (unpaired) electrons. The van der Waals surface area contributed by atoms with Gasteiger partial charge in [0.05, 0.1) is 6.04 Å². The van der Waals surface area contributed by atoms with E-state index in [2.05, 4.69) is 0 Å². The van der Waals surface area contributed by atoms with E-state index in [0.717, 1.165) is 5.56 Å². The van der Waals surface area contributed by atoms with Crippen molar-refractivity contribution in [3.63, 3.8) is 0 Å². The molecule has 1 aliphatic carbocycles. The smallest absolute Gasteiger partial charge is 0.154 e. The minimum absolute atomic E-state index is 0.197. The molecule has 0 bridgehead atoms. The lowest BCUT2D eigenvalue weighted by Crippen LogP contribution is -2.24. The van der Waals surface area contributed by atoms with Gasteiger partial charge in [-0.25, -0.2) is 0 Å². The van der Waals surface area contributed by atoms with Crippen LogP contribution in [0, 0.1) is 5.92 Å². The number of carbonyl (C=O) groups excluding carboxylic acids is 1. The number of nitrogens with two attached hydrogens (primary N) is 1. The van der Waals surface area contributed by atoms with Crippen molar-refractivity contribution in [2.45, 2.75) is 44.6 Å². The van der Waals surface area contributed by atoms with Gasteiger partial charge in [-0.2, -0.15) is 0 Å². The van der Waals surface area contributed by atoms with Crippen molar-refractivity contribution in [2.24, 2.45) is 11.7 Å². The van der Waals surface area contributed by atoms with Gasteiger partial charge in [0.15, 0.2) is 5.78 Å². The second-order valence-electron chi connectivity index (χ2n) is 5.06. The van der Waals surface area contributed by atoms with Crippen molar-refractivity contribution in [1.82, 2.24) is 0 Å². The molecule has 1 aliphatic rings. The van der Waals surface area contributed by atoms with Gasteiger partial charge in [-0.1, -0.05) is 62.4 Å². The van der Waals surface area contributed by atoms with Crippen molar-refractivity contribution in [1.29, 1.82) is 0 Å². The summed E-state index contributed by atoms with van der Waals surface area (Å²) in [4.78, 5) is 12.1. The number of benzene rings is 1. The third-order valence-electron chi connectivity index (χ3n) is 3.72. The molecule has 2 nitrogen and oxygen atoms in total. The summed E-state index contributed by atoms with van der Waals surface area (Å²) in [5.41, 5.74) is 6.94. The second kappa shape index (κ2) is 5.97. The highest BCUT2D eigenvalue weighted by Gasteiger charge is 2.21. The number of rotatable bonds is 4.